The number of hydrogen-bond acceptors (Lipinski definition) is 4. The first kappa shape index (κ1) is 13.6. The van der Waals surface area contributed by atoms with Gasteiger partial charge in [-0.15, -0.1) is 0 Å². The molecule has 3 N–H and O–H groups in total. The lowest BCUT2D eigenvalue weighted by Crippen LogP contribution is -2.18. The summed E-state index contributed by atoms with van der Waals surface area (Å²) in [7, 11) is 0. The highest BCUT2D eigenvalue weighted by Crippen LogP contribution is 2.20. The van der Waals surface area contributed by atoms with E-state index in [2.05, 4.69) is 10.5 Å². The molecule has 1 amide bonds. The third kappa shape index (κ3) is 3.14. The van der Waals surface area contributed by atoms with Crippen molar-refractivity contribution < 1.29 is 15.0 Å². The third-order valence-corrected chi connectivity index (χ3v) is 2.77. The highest BCUT2D eigenvalue weighted by atomic mass is 16.3. The average molecular weight is 270 g/mol. The van der Waals surface area contributed by atoms with Crippen LogP contribution in [0.3, 0.4) is 0 Å². The fourth-order valence-corrected chi connectivity index (χ4v) is 1.69. The van der Waals surface area contributed by atoms with Gasteiger partial charge in [-0.05, 0) is 30.7 Å². The highest BCUT2D eigenvalue weighted by molar-refractivity contribution is 5.96. The lowest BCUT2D eigenvalue weighted by Gasteiger charge is -2.03. The number of amides is 1. The molecule has 0 saturated heterocycles. The molecule has 5 heteroatoms. The zero-order valence-electron chi connectivity index (χ0n) is 10.9. The van der Waals surface area contributed by atoms with E-state index < -0.39 is 0 Å². The monoisotopic (exact) mass is 270 g/mol. The summed E-state index contributed by atoms with van der Waals surface area (Å²) in [5.74, 6) is -0.472. The van der Waals surface area contributed by atoms with E-state index in [1.807, 2.05) is 19.1 Å². The van der Waals surface area contributed by atoms with Gasteiger partial charge in [-0.2, -0.15) is 5.10 Å². The van der Waals surface area contributed by atoms with E-state index in [0.29, 0.717) is 11.1 Å². The molecule has 0 bridgehead atoms. The minimum atomic E-state index is -0.322. The largest absolute Gasteiger partial charge is 0.508 e. The second-order valence-corrected chi connectivity index (χ2v) is 4.26. The molecule has 102 valence electrons. The van der Waals surface area contributed by atoms with Crippen LogP contribution < -0.4 is 5.43 Å². The smallest absolute Gasteiger partial charge is 0.271 e. The number of phenolic OH excluding ortho intramolecular Hbond substituents is 2. The SMILES string of the molecule is Cc1ccccc1C(=O)N/N=C\c1ccc(O)cc1O. The van der Waals surface area contributed by atoms with Crippen LogP contribution in [-0.4, -0.2) is 22.3 Å². The van der Waals surface area contributed by atoms with Crippen LogP contribution in [0.1, 0.15) is 21.5 Å². The van der Waals surface area contributed by atoms with E-state index in [-0.39, 0.29) is 17.4 Å². The standard InChI is InChI=1S/C15H14N2O3/c1-10-4-2-3-5-13(10)15(20)17-16-9-11-6-7-12(18)8-14(11)19/h2-9,18-19H,1H3,(H,17,20)/b16-9-. The number of aromatic hydroxyl groups is 2. The van der Waals surface area contributed by atoms with Gasteiger partial charge in [0, 0.05) is 17.2 Å². The van der Waals surface area contributed by atoms with E-state index in [1.54, 1.807) is 12.1 Å². The molecule has 0 radical (unpaired) electrons. The predicted octanol–water partition coefficient (Wildman–Crippen LogP) is 2.17. The average Bonchev–Trinajstić information content (AvgIpc) is 2.41. The number of aryl methyl sites for hydroxylation is 1. The Kier molecular flexibility index (Phi) is 4.00. The summed E-state index contributed by atoms with van der Waals surface area (Å²) in [6.07, 6.45) is 1.31. The maximum absolute atomic E-state index is 11.9. The van der Waals surface area contributed by atoms with Gasteiger partial charge >= 0.3 is 0 Å². The maximum Gasteiger partial charge on any atom is 0.271 e. The fourth-order valence-electron chi connectivity index (χ4n) is 1.69. The summed E-state index contributed by atoms with van der Waals surface area (Å²) < 4.78 is 0. The molecule has 2 aromatic rings. The van der Waals surface area contributed by atoms with Gasteiger partial charge in [0.2, 0.25) is 0 Å². The van der Waals surface area contributed by atoms with Crippen molar-refractivity contribution in [1.29, 1.82) is 0 Å². The van der Waals surface area contributed by atoms with Crippen LogP contribution in [-0.2, 0) is 0 Å². The molecular formula is C15H14N2O3. The first-order valence-electron chi connectivity index (χ1n) is 5.99. The van der Waals surface area contributed by atoms with E-state index in [0.717, 1.165) is 5.56 Å². The molecular weight excluding hydrogens is 256 g/mol. The summed E-state index contributed by atoms with van der Waals surface area (Å²) in [6, 6.07) is 11.3. The predicted molar refractivity (Wildman–Crippen MR) is 76.0 cm³/mol. The molecule has 0 aromatic heterocycles. The number of hydrogen-bond donors (Lipinski definition) is 3. The number of benzene rings is 2. The van der Waals surface area contributed by atoms with E-state index in [9.17, 15) is 9.90 Å². The second-order valence-electron chi connectivity index (χ2n) is 4.26. The maximum atomic E-state index is 11.9. The Morgan fingerprint density at radius 3 is 2.65 bits per heavy atom. The Morgan fingerprint density at radius 2 is 1.95 bits per heavy atom. The van der Waals surface area contributed by atoms with Crippen molar-refractivity contribution in [1.82, 2.24) is 5.43 Å². The first-order valence-corrected chi connectivity index (χ1v) is 5.99. The molecule has 2 rings (SSSR count). The molecule has 0 saturated carbocycles. The lowest BCUT2D eigenvalue weighted by molar-refractivity contribution is 0.0954. The van der Waals surface area contributed by atoms with Crippen molar-refractivity contribution in [3.63, 3.8) is 0 Å². The fraction of sp³-hybridized carbons (Fsp3) is 0.0667. The molecule has 2 aromatic carbocycles. The van der Waals surface area contributed by atoms with Gasteiger partial charge in [-0.1, -0.05) is 18.2 Å². The van der Waals surface area contributed by atoms with Gasteiger partial charge in [-0.25, -0.2) is 5.43 Å². The third-order valence-electron chi connectivity index (χ3n) is 2.77. The molecule has 0 spiro atoms. The van der Waals surface area contributed by atoms with Crippen molar-refractivity contribution in [2.45, 2.75) is 6.92 Å². The first-order chi connectivity index (χ1) is 9.58. The quantitative estimate of drug-likeness (QED) is 0.590. The van der Waals surface area contributed by atoms with Gasteiger partial charge in [0.15, 0.2) is 0 Å². The van der Waals surface area contributed by atoms with Crippen LogP contribution in [0.2, 0.25) is 0 Å². The van der Waals surface area contributed by atoms with Crippen molar-refractivity contribution in [2.24, 2.45) is 5.10 Å². The number of rotatable bonds is 3. The zero-order chi connectivity index (χ0) is 14.5. The molecule has 0 aliphatic heterocycles. The van der Waals surface area contributed by atoms with Crippen molar-refractivity contribution in [3.05, 3.63) is 59.2 Å². The molecule has 5 nitrogen and oxygen atoms in total. The van der Waals surface area contributed by atoms with Crippen LogP contribution in [0.25, 0.3) is 0 Å². The number of hydrazone groups is 1. The van der Waals surface area contributed by atoms with Gasteiger partial charge in [0.1, 0.15) is 11.5 Å². The Balaban J connectivity index is 2.07. The summed E-state index contributed by atoms with van der Waals surface area (Å²) in [5, 5.41) is 22.5. The molecule has 20 heavy (non-hydrogen) atoms. The molecule has 0 heterocycles. The molecule has 0 aliphatic carbocycles. The molecule has 0 aliphatic rings. The number of carbonyl (C=O) groups excluding carboxylic acids is 1. The van der Waals surface area contributed by atoms with Crippen molar-refractivity contribution in [3.8, 4) is 11.5 Å². The summed E-state index contributed by atoms with van der Waals surface area (Å²) >= 11 is 0. The van der Waals surface area contributed by atoms with Crippen molar-refractivity contribution >= 4 is 12.1 Å². The Bertz CT molecular complexity index is 666. The van der Waals surface area contributed by atoms with Gasteiger partial charge in [0.25, 0.3) is 5.91 Å². The minimum Gasteiger partial charge on any atom is -0.508 e. The highest BCUT2D eigenvalue weighted by Gasteiger charge is 2.06. The lowest BCUT2D eigenvalue weighted by atomic mass is 10.1. The Labute approximate surface area is 116 Å². The van der Waals surface area contributed by atoms with Gasteiger partial charge < -0.3 is 10.2 Å². The molecule has 0 atom stereocenters. The Morgan fingerprint density at radius 1 is 1.20 bits per heavy atom. The number of carbonyl (C=O) groups is 1. The van der Waals surface area contributed by atoms with Crippen LogP contribution in [0.4, 0.5) is 0 Å². The number of nitrogens with zero attached hydrogens (tertiary/aromatic N) is 1. The number of phenols is 2. The van der Waals surface area contributed by atoms with Crippen LogP contribution in [0.5, 0.6) is 11.5 Å². The van der Waals surface area contributed by atoms with E-state index in [1.165, 1.54) is 24.4 Å². The molecule has 0 unspecified atom stereocenters. The Hall–Kier alpha value is -2.82. The normalized spacial score (nSPS) is 10.7. The van der Waals surface area contributed by atoms with E-state index >= 15 is 0 Å². The van der Waals surface area contributed by atoms with Gasteiger partial charge in [0.05, 0.1) is 6.21 Å². The van der Waals surface area contributed by atoms with E-state index in [4.69, 9.17) is 5.11 Å². The van der Waals surface area contributed by atoms with Crippen LogP contribution >= 0.6 is 0 Å². The zero-order valence-corrected chi connectivity index (χ0v) is 10.9. The second kappa shape index (κ2) is 5.88. The minimum absolute atomic E-state index is 0.0383. The number of nitrogens with one attached hydrogen (secondary N) is 1. The summed E-state index contributed by atoms with van der Waals surface area (Å²) in [5.41, 5.74) is 4.18. The van der Waals surface area contributed by atoms with Gasteiger partial charge in [-0.3, -0.25) is 4.79 Å². The topological polar surface area (TPSA) is 81.9 Å². The van der Waals surface area contributed by atoms with Crippen LogP contribution in [0, 0.1) is 6.92 Å². The van der Waals surface area contributed by atoms with Crippen molar-refractivity contribution in [2.75, 3.05) is 0 Å². The molecule has 0 fully saturated rings. The summed E-state index contributed by atoms with van der Waals surface area (Å²) in [6.45, 7) is 1.84. The summed E-state index contributed by atoms with van der Waals surface area (Å²) in [4.78, 5) is 11.9. The van der Waals surface area contributed by atoms with Crippen LogP contribution in [0.15, 0.2) is 47.6 Å².